The molecule has 0 saturated carbocycles. The zero-order chi connectivity index (χ0) is 15.4. The molecular formula is C18H14BrNO2. The van der Waals surface area contributed by atoms with Gasteiger partial charge in [-0.05, 0) is 39.5 Å². The fourth-order valence-corrected chi connectivity index (χ4v) is 2.60. The summed E-state index contributed by atoms with van der Waals surface area (Å²) < 4.78 is 6.51. The van der Waals surface area contributed by atoms with E-state index in [1.165, 1.54) is 0 Å². The van der Waals surface area contributed by atoms with Crippen LogP contribution in [0.2, 0.25) is 0 Å². The summed E-state index contributed by atoms with van der Waals surface area (Å²) in [5, 5.41) is 4.91. The molecule has 0 aliphatic rings. The van der Waals surface area contributed by atoms with Gasteiger partial charge < -0.3 is 10.1 Å². The van der Waals surface area contributed by atoms with Crippen molar-refractivity contribution in [1.82, 2.24) is 0 Å². The Morgan fingerprint density at radius 2 is 1.68 bits per heavy atom. The molecule has 0 heterocycles. The molecule has 0 aliphatic heterocycles. The third-order valence-corrected chi connectivity index (χ3v) is 3.95. The van der Waals surface area contributed by atoms with Gasteiger partial charge in [-0.25, -0.2) is 0 Å². The van der Waals surface area contributed by atoms with Gasteiger partial charge in [0.2, 0.25) is 0 Å². The lowest BCUT2D eigenvalue weighted by Crippen LogP contribution is -2.20. The molecule has 22 heavy (non-hydrogen) atoms. The SMILES string of the molecule is O=C(COc1cccc2ccccc12)Nc1ccccc1Br. The van der Waals surface area contributed by atoms with Crippen LogP contribution in [0.15, 0.2) is 71.2 Å². The average molecular weight is 356 g/mol. The molecule has 3 rings (SSSR count). The molecule has 110 valence electrons. The Morgan fingerprint density at radius 3 is 2.55 bits per heavy atom. The van der Waals surface area contributed by atoms with Gasteiger partial charge in [-0.3, -0.25) is 4.79 Å². The summed E-state index contributed by atoms with van der Waals surface area (Å²) in [6.07, 6.45) is 0. The predicted octanol–water partition coefficient (Wildman–Crippen LogP) is 4.62. The number of fused-ring (bicyclic) bond motifs is 1. The van der Waals surface area contributed by atoms with Crippen molar-refractivity contribution in [3.63, 3.8) is 0 Å². The molecule has 0 aliphatic carbocycles. The number of hydrogen-bond acceptors (Lipinski definition) is 2. The Bertz CT molecular complexity index is 812. The van der Waals surface area contributed by atoms with E-state index in [4.69, 9.17) is 4.74 Å². The number of rotatable bonds is 4. The molecule has 0 bridgehead atoms. The first kappa shape index (κ1) is 14.6. The summed E-state index contributed by atoms with van der Waals surface area (Å²) in [7, 11) is 0. The van der Waals surface area contributed by atoms with E-state index in [0.29, 0.717) is 5.75 Å². The minimum absolute atomic E-state index is 0.0324. The minimum Gasteiger partial charge on any atom is -0.483 e. The van der Waals surface area contributed by atoms with Crippen molar-refractivity contribution in [3.8, 4) is 5.75 Å². The molecule has 0 unspecified atom stereocenters. The molecule has 0 radical (unpaired) electrons. The highest BCUT2D eigenvalue weighted by molar-refractivity contribution is 9.10. The summed E-state index contributed by atoms with van der Waals surface area (Å²) in [4.78, 5) is 12.0. The van der Waals surface area contributed by atoms with E-state index in [2.05, 4.69) is 21.2 Å². The van der Waals surface area contributed by atoms with Crippen LogP contribution in [0.1, 0.15) is 0 Å². The van der Waals surface area contributed by atoms with Crippen molar-refractivity contribution in [3.05, 3.63) is 71.2 Å². The molecule has 4 heteroatoms. The zero-order valence-corrected chi connectivity index (χ0v) is 13.3. The van der Waals surface area contributed by atoms with Gasteiger partial charge in [-0.2, -0.15) is 0 Å². The van der Waals surface area contributed by atoms with E-state index in [-0.39, 0.29) is 12.5 Å². The van der Waals surface area contributed by atoms with E-state index < -0.39 is 0 Å². The smallest absolute Gasteiger partial charge is 0.262 e. The Balaban J connectivity index is 1.69. The minimum atomic E-state index is -0.195. The summed E-state index contributed by atoms with van der Waals surface area (Å²) in [6.45, 7) is -0.0324. The monoisotopic (exact) mass is 355 g/mol. The Labute approximate surface area is 137 Å². The first-order valence-electron chi connectivity index (χ1n) is 6.89. The van der Waals surface area contributed by atoms with E-state index in [1.54, 1.807) is 0 Å². The van der Waals surface area contributed by atoms with Gasteiger partial charge in [0.05, 0.1) is 5.69 Å². The number of para-hydroxylation sites is 1. The molecular weight excluding hydrogens is 342 g/mol. The molecule has 0 fully saturated rings. The van der Waals surface area contributed by atoms with Crippen LogP contribution in [0.4, 0.5) is 5.69 Å². The van der Waals surface area contributed by atoms with Crippen LogP contribution >= 0.6 is 15.9 Å². The highest BCUT2D eigenvalue weighted by atomic mass is 79.9. The maximum Gasteiger partial charge on any atom is 0.262 e. The van der Waals surface area contributed by atoms with E-state index in [9.17, 15) is 4.79 Å². The van der Waals surface area contributed by atoms with Gasteiger partial charge in [-0.1, -0.05) is 48.5 Å². The highest BCUT2D eigenvalue weighted by Gasteiger charge is 2.07. The summed E-state index contributed by atoms with van der Waals surface area (Å²) in [5.41, 5.74) is 0.731. The second kappa shape index (κ2) is 6.62. The second-order valence-electron chi connectivity index (χ2n) is 4.79. The van der Waals surface area contributed by atoms with E-state index in [1.807, 2.05) is 66.7 Å². The fourth-order valence-electron chi connectivity index (χ4n) is 2.21. The van der Waals surface area contributed by atoms with Gasteiger partial charge in [0.15, 0.2) is 6.61 Å². The van der Waals surface area contributed by atoms with Crippen molar-refractivity contribution in [2.75, 3.05) is 11.9 Å². The Morgan fingerprint density at radius 1 is 0.955 bits per heavy atom. The third kappa shape index (κ3) is 3.28. The van der Waals surface area contributed by atoms with E-state index >= 15 is 0 Å². The number of carbonyl (C=O) groups is 1. The number of halogens is 1. The number of carbonyl (C=O) groups excluding carboxylic acids is 1. The predicted molar refractivity (Wildman–Crippen MR) is 92.2 cm³/mol. The maximum atomic E-state index is 12.0. The van der Waals surface area contributed by atoms with Crippen molar-refractivity contribution >= 4 is 38.3 Å². The van der Waals surface area contributed by atoms with Crippen LogP contribution < -0.4 is 10.1 Å². The molecule has 1 N–H and O–H groups in total. The van der Waals surface area contributed by atoms with Crippen LogP contribution in [0.25, 0.3) is 10.8 Å². The molecule has 0 spiro atoms. The van der Waals surface area contributed by atoms with Crippen LogP contribution in [0, 0.1) is 0 Å². The number of hydrogen-bond donors (Lipinski definition) is 1. The van der Waals surface area contributed by atoms with Crippen LogP contribution in [-0.4, -0.2) is 12.5 Å². The molecule has 0 atom stereocenters. The number of amides is 1. The third-order valence-electron chi connectivity index (χ3n) is 3.26. The lowest BCUT2D eigenvalue weighted by Gasteiger charge is -2.10. The van der Waals surface area contributed by atoms with Gasteiger partial charge in [0, 0.05) is 9.86 Å². The average Bonchev–Trinajstić information content (AvgIpc) is 2.55. The zero-order valence-electron chi connectivity index (χ0n) is 11.8. The Kier molecular flexibility index (Phi) is 4.39. The first-order chi connectivity index (χ1) is 10.7. The summed E-state index contributed by atoms with van der Waals surface area (Å²) in [6, 6.07) is 21.2. The van der Waals surface area contributed by atoms with Crippen LogP contribution in [0.5, 0.6) is 5.75 Å². The van der Waals surface area contributed by atoms with Gasteiger partial charge in [0.1, 0.15) is 5.75 Å². The quantitative estimate of drug-likeness (QED) is 0.741. The summed E-state index contributed by atoms with van der Waals surface area (Å²) in [5.74, 6) is 0.514. The maximum absolute atomic E-state index is 12.0. The van der Waals surface area contributed by atoms with Gasteiger partial charge in [0.25, 0.3) is 5.91 Å². The standard InChI is InChI=1S/C18H14BrNO2/c19-15-9-3-4-10-16(15)20-18(21)12-22-17-11-5-7-13-6-1-2-8-14(13)17/h1-11H,12H2,(H,20,21). The van der Waals surface area contributed by atoms with Gasteiger partial charge >= 0.3 is 0 Å². The molecule has 3 aromatic carbocycles. The highest BCUT2D eigenvalue weighted by Crippen LogP contribution is 2.25. The number of anilines is 1. The Hall–Kier alpha value is -2.33. The number of benzene rings is 3. The van der Waals surface area contributed by atoms with Crippen molar-refractivity contribution < 1.29 is 9.53 Å². The fraction of sp³-hybridized carbons (Fsp3) is 0.0556. The molecule has 3 aromatic rings. The van der Waals surface area contributed by atoms with Crippen LogP contribution in [-0.2, 0) is 4.79 Å². The number of nitrogens with one attached hydrogen (secondary N) is 1. The normalized spacial score (nSPS) is 10.4. The van der Waals surface area contributed by atoms with Crippen molar-refractivity contribution in [2.24, 2.45) is 0 Å². The largest absolute Gasteiger partial charge is 0.483 e. The lowest BCUT2D eigenvalue weighted by molar-refractivity contribution is -0.118. The molecule has 1 amide bonds. The lowest BCUT2D eigenvalue weighted by atomic mass is 10.1. The van der Waals surface area contributed by atoms with Crippen molar-refractivity contribution in [1.29, 1.82) is 0 Å². The van der Waals surface area contributed by atoms with Crippen molar-refractivity contribution in [2.45, 2.75) is 0 Å². The topological polar surface area (TPSA) is 38.3 Å². The van der Waals surface area contributed by atoms with E-state index in [0.717, 1.165) is 20.9 Å². The summed E-state index contributed by atoms with van der Waals surface area (Å²) >= 11 is 3.40. The number of ether oxygens (including phenoxy) is 1. The second-order valence-corrected chi connectivity index (χ2v) is 5.65. The van der Waals surface area contributed by atoms with Crippen LogP contribution in [0.3, 0.4) is 0 Å². The molecule has 0 saturated heterocycles. The van der Waals surface area contributed by atoms with Gasteiger partial charge in [-0.15, -0.1) is 0 Å². The molecule has 3 nitrogen and oxygen atoms in total. The first-order valence-corrected chi connectivity index (χ1v) is 7.68. The molecule has 0 aromatic heterocycles.